The predicted octanol–water partition coefficient (Wildman–Crippen LogP) is 3.15. The van der Waals surface area contributed by atoms with E-state index in [1.165, 1.54) is 12.8 Å². The molecule has 138 valence electrons. The van der Waals surface area contributed by atoms with Gasteiger partial charge in [-0.25, -0.2) is 4.79 Å². The van der Waals surface area contributed by atoms with Crippen molar-refractivity contribution in [3.05, 3.63) is 35.9 Å². The number of carboxylic acids is 3. The highest BCUT2D eigenvalue weighted by molar-refractivity contribution is 5.92. The summed E-state index contributed by atoms with van der Waals surface area (Å²) < 4.78 is 5.55. The van der Waals surface area contributed by atoms with E-state index in [1.807, 2.05) is 24.3 Å². The van der Waals surface area contributed by atoms with Crippen LogP contribution < -0.4 is 4.74 Å². The molecular weight excluding hydrogens is 328 g/mol. The maximum absolute atomic E-state index is 10.3. The fourth-order valence-corrected chi connectivity index (χ4v) is 1.49. The molecule has 0 bridgehead atoms. The van der Waals surface area contributed by atoms with Crippen LogP contribution in [0, 0.1) is 5.92 Å². The lowest BCUT2D eigenvalue weighted by atomic mass is 10.2. The van der Waals surface area contributed by atoms with E-state index in [-0.39, 0.29) is 0 Å². The number of hydrogen-bond acceptors (Lipinski definition) is 4. The van der Waals surface area contributed by atoms with Crippen LogP contribution in [0.4, 0.5) is 0 Å². The summed E-state index contributed by atoms with van der Waals surface area (Å²) in [4.78, 5) is 29.9. The zero-order valence-electron chi connectivity index (χ0n) is 14.3. The number of ether oxygens (including phenoxy) is 1. The van der Waals surface area contributed by atoms with Crippen LogP contribution in [0.5, 0.6) is 5.75 Å². The van der Waals surface area contributed by atoms with Gasteiger partial charge < -0.3 is 20.1 Å². The Hall–Kier alpha value is -2.83. The van der Waals surface area contributed by atoms with Crippen molar-refractivity contribution < 1.29 is 34.4 Å². The van der Waals surface area contributed by atoms with Crippen LogP contribution in [0.25, 0.3) is 6.08 Å². The van der Waals surface area contributed by atoms with Gasteiger partial charge in [0.05, 0.1) is 6.61 Å². The van der Waals surface area contributed by atoms with E-state index in [0.717, 1.165) is 37.3 Å². The summed E-state index contributed by atoms with van der Waals surface area (Å²) >= 11 is 0. The summed E-state index contributed by atoms with van der Waals surface area (Å²) in [6.07, 6.45) is 6.11. The fraction of sp³-hybridized carbons (Fsp3) is 0.389. The number of unbranched alkanes of at least 4 members (excludes halogenated alkanes) is 2. The number of carbonyl (C=O) groups is 3. The van der Waals surface area contributed by atoms with E-state index in [4.69, 9.17) is 20.1 Å². The van der Waals surface area contributed by atoms with Crippen LogP contribution >= 0.6 is 0 Å². The van der Waals surface area contributed by atoms with Gasteiger partial charge in [0.2, 0.25) is 0 Å². The monoisotopic (exact) mass is 352 g/mol. The molecule has 7 heteroatoms. The third kappa shape index (κ3) is 11.4. The summed E-state index contributed by atoms with van der Waals surface area (Å²) in [6, 6.07) is 7.39. The zero-order valence-corrected chi connectivity index (χ0v) is 14.3. The average molecular weight is 352 g/mol. The van der Waals surface area contributed by atoms with Gasteiger partial charge in [0.1, 0.15) is 5.75 Å². The quantitative estimate of drug-likeness (QED) is 0.354. The van der Waals surface area contributed by atoms with Crippen molar-refractivity contribution in [1.82, 2.24) is 0 Å². The van der Waals surface area contributed by atoms with Crippen molar-refractivity contribution in [3.63, 3.8) is 0 Å². The number of carboxylic acid groups (broad SMARTS) is 3. The third-order valence-corrected chi connectivity index (χ3v) is 3.06. The number of aliphatic carboxylic acids is 3. The minimum Gasteiger partial charge on any atom is -0.494 e. The van der Waals surface area contributed by atoms with Crippen molar-refractivity contribution in [3.8, 4) is 5.75 Å². The maximum Gasteiger partial charge on any atom is 0.328 e. The number of benzene rings is 1. The predicted molar refractivity (Wildman–Crippen MR) is 92.6 cm³/mol. The minimum atomic E-state index is -1.31. The molecule has 0 amide bonds. The molecule has 0 aliphatic rings. The topological polar surface area (TPSA) is 121 Å². The first-order valence-electron chi connectivity index (χ1n) is 7.87. The zero-order chi connectivity index (χ0) is 19.2. The molecule has 0 spiro atoms. The average Bonchev–Trinajstić information content (AvgIpc) is 2.57. The highest BCUT2D eigenvalue weighted by Crippen LogP contribution is 2.13. The molecule has 0 heterocycles. The van der Waals surface area contributed by atoms with Crippen LogP contribution in [-0.4, -0.2) is 39.8 Å². The Morgan fingerprint density at radius 2 is 1.60 bits per heavy atom. The molecule has 25 heavy (non-hydrogen) atoms. The molecule has 7 nitrogen and oxygen atoms in total. The molecule has 0 radical (unpaired) electrons. The summed E-state index contributed by atoms with van der Waals surface area (Å²) in [6.45, 7) is 4.01. The van der Waals surface area contributed by atoms with Gasteiger partial charge in [0.25, 0.3) is 0 Å². The number of hydrogen-bond donors (Lipinski definition) is 3. The van der Waals surface area contributed by atoms with Crippen molar-refractivity contribution in [2.45, 2.75) is 33.1 Å². The molecule has 0 atom stereocenters. The van der Waals surface area contributed by atoms with E-state index >= 15 is 0 Å². The van der Waals surface area contributed by atoms with Crippen molar-refractivity contribution >= 4 is 24.0 Å². The third-order valence-electron chi connectivity index (χ3n) is 3.06. The summed E-state index contributed by atoms with van der Waals surface area (Å²) in [7, 11) is 0. The molecule has 1 rings (SSSR count). The Bertz CT molecular complexity index is 562. The second-order valence-electron chi connectivity index (χ2n) is 5.19. The molecule has 0 saturated heterocycles. The Kier molecular flexibility index (Phi) is 11.2. The van der Waals surface area contributed by atoms with Gasteiger partial charge in [-0.1, -0.05) is 31.9 Å². The Morgan fingerprint density at radius 1 is 1.04 bits per heavy atom. The molecule has 0 unspecified atom stereocenters. The van der Waals surface area contributed by atoms with Crippen LogP contribution in [0.1, 0.15) is 38.7 Å². The number of rotatable bonds is 9. The van der Waals surface area contributed by atoms with E-state index in [0.29, 0.717) is 0 Å². The highest BCUT2D eigenvalue weighted by atomic mass is 16.5. The summed E-state index contributed by atoms with van der Waals surface area (Å²) in [5.74, 6) is -4.02. The summed E-state index contributed by atoms with van der Waals surface area (Å²) in [5, 5.41) is 24.4. The van der Waals surface area contributed by atoms with Crippen molar-refractivity contribution in [1.29, 1.82) is 0 Å². The minimum absolute atomic E-state index is 0.734. The van der Waals surface area contributed by atoms with Gasteiger partial charge in [0.15, 0.2) is 5.92 Å². The molecule has 0 aromatic heterocycles. The normalized spacial score (nSPS) is 10.2. The van der Waals surface area contributed by atoms with E-state index in [2.05, 4.69) is 6.92 Å². The molecule has 0 aliphatic heterocycles. The van der Waals surface area contributed by atoms with Crippen molar-refractivity contribution in [2.24, 2.45) is 5.92 Å². The lowest BCUT2D eigenvalue weighted by Crippen LogP contribution is -2.19. The van der Waals surface area contributed by atoms with E-state index < -0.39 is 23.8 Å². The van der Waals surface area contributed by atoms with Crippen LogP contribution in [0.15, 0.2) is 30.3 Å². The fourth-order valence-electron chi connectivity index (χ4n) is 1.49. The first-order chi connectivity index (χ1) is 11.8. The van der Waals surface area contributed by atoms with Gasteiger partial charge in [0, 0.05) is 6.08 Å². The second-order valence-corrected chi connectivity index (χ2v) is 5.19. The van der Waals surface area contributed by atoms with Crippen LogP contribution in [0.2, 0.25) is 0 Å². The van der Waals surface area contributed by atoms with Gasteiger partial charge in [-0.2, -0.15) is 0 Å². The second kappa shape index (κ2) is 12.6. The highest BCUT2D eigenvalue weighted by Gasteiger charge is 2.18. The van der Waals surface area contributed by atoms with Gasteiger partial charge >= 0.3 is 17.9 Å². The molecule has 0 aliphatic carbocycles. The lowest BCUT2D eigenvalue weighted by Gasteiger charge is -2.05. The molecule has 1 aromatic rings. The molecule has 0 saturated carbocycles. The maximum atomic E-state index is 10.3. The summed E-state index contributed by atoms with van der Waals surface area (Å²) in [5.41, 5.74) is 0.855. The lowest BCUT2D eigenvalue weighted by molar-refractivity contribution is -0.153. The van der Waals surface area contributed by atoms with Gasteiger partial charge in [-0.05, 0) is 37.1 Å². The molecule has 0 fully saturated rings. The van der Waals surface area contributed by atoms with Gasteiger partial charge in [-0.15, -0.1) is 0 Å². The first-order valence-corrected chi connectivity index (χ1v) is 7.87. The van der Waals surface area contributed by atoms with Gasteiger partial charge in [-0.3, -0.25) is 9.59 Å². The molecular formula is C18H24O7. The van der Waals surface area contributed by atoms with E-state index in [1.54, 1.807) is 6.08 Å². The Balaban J connectivity index is 0.000000609. The van der Waals surface area contributed by atoms with Crippen molar-refractivity contribution in [2.75, 3.05) is 6.61 Å². The molecule has 3 N–H and O–H groups in total. The van der Waals surface area contributed by atoms with Crippen LogP contribution in [-0.2, 0) is 14.4 Å². The standard InChI is InChI=1S/C14H18O3.C4H6O4/c1-2-3-4-11-17-13-8-5-12(6-9-13)7-10-14(15)16;1-2(3(5)6)4(7)8/h5-10H,2-4,11H2,1H3,(H,15,16);2H,1H3,(H,5,6)(H,7,8)/b10-7+;. The largest absolute Gasteiger partial charge is 0.494 e. The SMILES string of the molecule is CC(C(=O)O)C(=O)O.CCCCCOc1ccc(/C=C/C(=O)O)cc1. The Morgan fingerprint density at radius 3 is 2.00 bits per heavy atom. The van der Waals surface area contributed by atoms with E-state index in [9.17, 15) is 14.4 Å². The first kappa shape index (κ1) is 22.2. The smallest absolute Gasteiger partial charge is 0.328 e. The Labute approximate surface area is 146 Å². The van der Waals surface area contributed by atoms with Crippen LogP contribution in [0.3, 0.4) is 0 Å². The molecule has 1 aromatic carbocycles.